The maximum absolute atomic E-state index is 13.4. The van der Waals surface area contributed by atoms with Crippen molar-refractivity contribution in [2.24, 2.45) is 0 Å². The third kappa shape index (κ3) is 5.08. The Morgan fingerprint density at radius 1 is 0.905 bits per heavy atom. The zero-order valence-corrected chi connectivity index (χ0v) is 22.5. The molecule has 0 saturated carbocycles. The summed E-state index contributed by atoms with van der Waals surface area (Å²) in [6.45, 7) is 1.87. The van der Waals surface area contributed by atoms with Crippen molar-refractivity contribution < 1.29 is 19.2 Å². The molecule has 42 heavy (non-hydrogen) atoms. The van der Waals surface area contributed by atoms with Crippen molar-refractivity contribution in [3.8, 4) is 0 Å². The summed E-state index contributed by atoms with van der Waals surface area (Å²) in [7, 11) is 0. The molecule has 3 aromatic carbocycles. The first-order valence-corrected chi connectivity index (χ1v) is 13.3. The number of rotatable bonds is 7. The Morgan fingerprint density at radius 2 is 1.64 bits per heavy atom. The van der Waals surface area contributed by atoms with Crippen LogP contribution in [0.4, 0.5) is 21.9 Å². The van der Waals surface area contributed by atoms with Gasteiger partial charge in [-0.05, 0) is 67.1 Å². The Morgan fingerprint density at radius 3 is 2.33 bits per heavy atom. The van der Waals surface area contributed by atoms with E-state index >= 15 is 0 Å². The summed E-state index contributed by atoms with van der Waals surface area (Å²) in [5.41, 5.74) is 5.19. The number of imide groups is 1. The number of nitrogens with zero attached hydrogens (tertiary/aromatic N) is 2. The SMILES string of the molecule is CC(NC(=O)c1ccc2c(c1)/C(=C(/Nc1ccc(N3C(=O)CNC3=O)cc1)c1ccncc1)C(=O)N2)c1ccccc1. The fourth-order valence-corrected chi connectivity index (χ4v) is 4.98. The van der Waals surface area contributed by atoms with Gasteiger partial charge >= 0.3 is 6.03 Å². The Kier molecular flexibility index (Phi) is 6.93. The van der Waals surface area contributed by atoms with Gasteiger partial charge in [-0.15, -0.1) is 0 Å². The number of amides is 5. The quantitative estimate of drug-likeness (QED) is 0.194. The van der Waals surface area contributed by atoms with Gasteiger partial charge in [0.25, 0.3) is 17.7 Å². The monoisotopic (exact) mass is 558 g/mol. The second-order valence-corrected chi connectivity index (χ2v) is 9.87. The van der Waals surface area contributed by atoms with Crippen LogP contribution in [-0.2, 0) is 9.59 Å². The standard InChI is InChI=1S/C32H26N6O4/c1-19(20-5-3-2-4-6-20)35-30(40)22-7-12-26-25(17-22)28(31(41)37-26)29(21-13-15-33-16-14-21)36-23-8-10-24(11-9-23)38-27(39)18-34-32(38)42/h2-17,19,36H,18H2,1H3,(H,34,42)(H,35,40)(H,37,41)/b29-28-. The van der Waals surface area contributed by atoms with Gasteiger partial charge in [-0.1, -0.05) is 30.3 Å². The third-order valence-electron chi connectivity index (χ3n) is 7.13. The highest BCUT2D eigenvalue weighted by Gasteiger charge is 2.31. The van der Waals surface area contributed by atoms with Crippen molar-refractivity contribution in [3.05, 3.63) is 120 Å². The number of carbonyl (C=O) groups excluding carboxylic acids is 4. The van der Waals surface area contributed by atoms with Crippen LogP contribution in [0.1, 0.15) is 40.0 Å². The fourth-order valence-electron chi connectivity index (χ4n) is 4.98. The average Bonchev–Trinajstić information content (AvgIpc) is 3.53. The maximum Gasteiger partial charge on any atom is 0.329 e. The van der Waals surface area contributed by atoms with E-state index in [-0.39, 0.29) is 30.3 Å². The second-order valence-electron chi connectivity index (χ2n) is 9.87. The van der Waals surface area contributed by atoms with Crippen LogP contribution in [0.2, 0.25) is 0 Å². The molecule has 0 spiro atoms. The highest BCUT2D eigenvalue weighted by atomic mass is 16.2. The van der Waals surface area contributed by atoms with Gasteiger partial charge in [0.05, 0.1) is 29.5 Å². The topological polar surface area (TPSA) is 133 Å². The largest absolute Gasteiger partial charge is 0.354 e. The van der Waals surface area contributed by atoms with Gasteiger partial charge in [-0.2, -0.15) is 0 Å². The summed E-state index contributed by atoms with van der Waals surface area (Å²) >= 11 is 0. The van der Waals surface area contributed by atoms with Gasteiger partial charge in [0, 0.05) is 40.5 Å². The van der Waals surface area contributed by atoms with Crippen molar-refractivity contribution in [1.29, 1.82) is 0 Å². The van der Waals surface area contributed by atoms with Crippen molar-refractivity contribution >= 4 is 52.1 Å². The molecule has 1 saturated heterocycles. The number of urea groups is 1. The van der Waals surface area contributed by atoms with Gasteiger partial charge in [-0.25, -0.2) is 9.69 Å². The fraction of sp³-hybridized carbons (Fsp3) is 0.0938. The molecule has 1 fully saturated rings. The Bertz CT molecular complexity index is 1720. The molecule has 2 aliphatic rings. The van der Waals surface area contributed by atoms with Crippen molar-refractivity contribution in [2.45, 2.75) is 13.0 Å². The number of benzene rings is 3. The summed E-state index contributed by atoms with van der Waals surface area (Å²) in [5.74, 6) is -0.921. The first-order valence-electron chi connectivity index (χ1n) is 13.3. The molecule has 6 rings (SSSR count). The average molecular weight is 559 g/mol. The highest BCUT2D eigenvalue weighted by molar-refractivity contribution is 6.37. The van der Waals surface area contributed by atoms with E-state index in [1.165, 1.54) is 0 Å². The lowest BCUT2D eigenvalue weighted by Crippen LogP contribution is -2.30. The molecule has 3 heterocycles. The number of pyridine rings is 1. The van der Waals surface area contributed by atoms with Crippen LogP contribution in [0.15, 0.2) is 97.3 Å². The normalized spacial score (nSPS) is 15.9. The van der Waals surface area contributed by atoms with Gasteiger partial charge in [0.1, 0.15) is 0 Å². The molecule has 0 aliphatic carbocycles. The van der Waals surface area contributed by atoms with Gasteiger partial charge in [0.2, 0.25) is 0 Å². The molecule has 10 nitrogen and oxygen atoms in total. The van der Waals surface area contributed by atoms with Gasteiger partial charge in [-0.3, -0.25) is 19.4 Å². The molecule has 4 N–H and O–H groups in total. The molecular weight excluding hydrogens is 532 g/mol. The molecule has 1 aromatic heterocycles. The Labute approximate surface area is 241 Å². The molecule has 5 amide bonds. The summed E-state index contributed by atoms with van der Waals surface area (Å²) < 4.78 is 0. The molecule has 1 unspecified atom stereocenters. The highest BCUT2D eigenvalue weighted by Crippen LogP contribution is 2.38. The van der Waals surface area contributed by atoms with Crippen LogP contribution in [-0.4, -0.2) is 35.3 Å². The smallest absolute Gasteiger partial charge is 0.329 e. The van der Waals surface area contributed by atoms with E-state index < -0.39 is 6.03 Å². The summed E-state index contributed by atoms with van der Waals surface area (Å²) in [6.07, 6.45) is 3.25. The van der Waals surface area contributed by atoms with E-state index in [4.69, 9.17) is 0 Å². The number of hydrogen-bond donors (Lipinski definition) is 4. The first kappa shape index (κ1) is 26.5. The van der Waals surface area contributed by atoms with Crippen molar-refractivity contribution in [3.63, 3.8) is 0 Å². The molecule has 10 heteroatoms. The number of anilines is 3. The van der Waals surface area contributed by atoms with Crippen LogP contribution in [0, 0.1) is 0 Å². The number of fused-ring (bicyclic) bond motifs is 1. The second kappa shape index (κ2) is 11.0. The lowest BCUT2D eigenvalue weighted by atomic mass is 9.98. The van der Waals surface area contributed by atoms with E-state index in [1.54, 1.807) is 67.0 Å². The van der Waals surface area contributed by atoms with E-state index in [9.17, 15) is 19.2 Å². The molecule has 0 bridgehead atoms. The Balaban J connectivity index is 1.35. The van der Waals surface area contributed by atoms with Crippen LogP contribution in [0.25, 0.3) is 11.3 Å². The number of nitrogens with one attached hydrogen (secondary N) is 4. The van der Waals surface area contributed by atoms with Crippen LogP contribution in [0.5, 0.6) is 0 Å². The minimum atomic E-state index is -0.475. The zero-order valence-electron chi connectivity index (χ0n) is 22.5. The summed E-state index contributed by atoms with van der Waals surface area (Å²) in [5, 5.41) is 11.8. The number of carbonyl (C=O) groups is 4. The lowest BCUT2D eigenvalue weighted by Gasteiger charge is -2.17. The van der Waals surface area contributed by atoms with Gasteiger partial charge < -0.3 is 21.3 Å². The molecule has 2 aliphatic heterocycles. The van der Waals surface area contributed by atoms with E-state index in [0.717, 1.165) is 10.5 Å². The minimum absolute atomic E-state index is 0.0448. The number of aromatic nitrogens is 1. The third-order valence-corrected chi connectivity index (χ3v) is 7.13. The van der Waals surface area contributed by atoms with Gasteiger partial charge in [0.15, 0.2) is 0 Å². The minimum Gasteiger partial charge on any atom is -0.354 e. The van der Waals surface area contributed by atoms with Crippen LogP contribution in [0.3, 0.4) is 0 Å². The summed E-state index contributed by atoms with van der Waals surface area (Å²) in [4.78, 5) is 55.9. The van der Waals surface area contributed by atoms with Crippen molar-refractivity contribution in [1.82, 2.24) is 15.6 Å². The number of hydrogen-bond acceptors (Lipinski definition) is 6. The van der Waals surface area contributed by atoms with E-state index in [2.05, 4.69) is 26.3 Å². The lowest BCUT2D eigenvalue weighted by molar-refractivity contribution is -0.116. The molecule has 208 valence electrons. The first-order chi connectivity index (χ1) is 20.4. The molecule has 4 aromatic rings. The zero-order chi connectivity index (χ0) is 29.2. The Hall–Kier alpha value is -5.77. The maximum atomic E-state index is 13.4. The van der Waals surface area contributed by atoms with Crippen LogP contribution >= 0.6 is 0 Å². The van der Waals surface area contributed by atoms with Crippen molar-refractivity contribution in [2.75, 3.05) is 22.1 Å². The van der Waals surface area contributed by atoms with Crippen LogP contribution < -0.4 is 26.2 Å². The molecule has 1 atom stereocenters. The van der Waals surface area contributed by atoms with E-state index in [1.807, 2.05) is 37.3 Å². The van der Waals surface area contributed by atoms with E-state index in [0.29, 0.717) is 45.0 Å². The molecular formula is C32H26N6O4. The summed E-state index contributed by atoms with van der Waals surface area (Å²) in [6, 6.07) is 24.4. The predicted octanol–water partition coefficient (Wildman–Crippen LogP) is 4.56. The predicted molar refractivity (Wildman–Crippen MR) is 159 cm³/mol. The molecule has 0 radical (unpaired) electrons.